The van der Waals surface area contributed by atoms with E-state index in [9.17, 15) is 9.59 Å². The Labute approximate surface area is 133 Å². The molecule has 6 heteroatoms. The van der Waals surface area contributed by atoms with Crippen LogP contribution in [0, 0.1) is 13.8 Å². The lowest BCUT2D eigenvalue weighted by atomic mass is 10.0. The first kappa shape index (κ1) is 16.2. The lowest BCUT2D eigenvalue weighted by molar-refractivity contribution is -0.116. The van der Waals surface area contributed by atoms with Gasteiger partial charge >= 0.3 is 0 Å². The second-order valence-corrected chi connectivity index (χ2v) is 5.83. The monoisotopic (exact) mass is 318 g/mol. The molecule has 0 bridgehead atoms. The summed E-state index contributed by atoms with van der Waals surface area (Å²) in [5.74, 6) is 0.215. The molecule has 116 valence electrons. The van der Waals surface area contributed by atoms with E-state index in [0.717, 1.165) is 11.3 Å². The van der Waals surface area contributed by atoms with Crippen LogP contribution in [0.5, 0.6) is 5.75 Å². The van der Waals surface area contributed by atoms with E-state index in [4.69, 9.17) is 4.74 Å². The second kappa shape index (κ2) is 7.17. The number of Topliss-reactive ketones (excluding diaryl/α,β-unsaturated/α-hetero) is 1. The van der Waals surface area contributed by atoms with Crippen LogP contribution >= 0.6 is 11.3 Å². The van der Waals surface area contributed by atoms with Crippen LogP contribution in [0.3, 0.4) is 0 Å². The highest BCUT2D eigenvalue weighted by Crippen LogP contribution is 2.22. The molecule has 0 aliphatic rings. The Morgan fingerprint density at radius 3 is 2.68 bits per heavy atom. The number of benzene rings is 1. The van der Waals surface area contributed by atoms with E-state index in [2.05, 4.69) is 10.3 Å². The van der Waals surface area contributed by atoms with Crippen molar-refractivity contribution < 1.29 is 14.3 Å². The van der Waals surface area contributed by atoms with E-state index in [0.29, 0.717) is 16.4 Å². The number of carbonyl (C=O) groups is 2. The Morgan fingerprint density at radius 2 is 2.05 bits per heavy atom. The molecule has 0 saturated carbocycles. The third-order valence-corrected chi connectivity index (χ3v) is 3.98. The number of anilines is 1. The van der Waals surface area contributed by atoms with Gasteiger partial charge in [-0.25, -0.2) is 4.98 Å². The maximum absolute atomic E-state index is 12.3. The summed E-state index contributed by atoms with van der Waals surface area (Å²) in [6.07, 6.45) is 0.255. The summed E-state index contributed by atoms with van der Waals surface area (Å²) in [5, 5.41) is 5.11. The predicted molar refractivity (Wildman–Crippen MR) is 86.8 cm³/mol. The van der Waals surface area contributed by atoms with Crippen LogP contribution < -0.4 is 10.1 Å². The molecule has 1 heterocycles. The van der Waals surface area contributed by atoms with Gasteiger partial charge in [-0.1, -0.05) is 11.6 Å². The van der Waals surface area contributed by atoms with Crippen LogP contribution in [-0.2, 0) is 4.79 Å². The minimum absolute atomic E-state index is 0.106. The van der Waals surface area contributed by atoms with Crippen LogP contribution in [0.4, 0.5) is 5.13 Å². The number of nitrogens with one attached hydrogen (secondary N) is 1. The number of hydrogen-bond acceptors (Lipinski definition) is 5. The third-order valence-electron chi connectivity index (χ3n) is 3.10. The quantitative estimate of drug-likeness (QED) is 0.829. The fourth-order valence-corrected chi connectivity index (χ4v) is 2.70. The largest absolute Gasteiger partial charge is 0.496 e. The van der Waals surface area contributed by atoms with Crippen molar-refractivity contribution in [3.63, 3.8) is 0 Å². The highest BCUT2D eigenvalue weighted by molar-refractivity contribution is 7.13. The average Bonchev–Trinajstić information content (AvgIpc) is 2.89. The van der Waals surface area contributed by atoms with Crippen LogP contribution in [0.2, 0.25) is 0 Å². The smallest absolute Gasteiger partial charge is 0.226 e. The van der Waals surface area contributed by atoms with Gasteiger partial charge in [0.2, 0.25) is 5.91 Å². The van der Waals surface area contributed by atoms with Crippen molar-refractivity contribution in [1.82, 2.24) is 4.98 Å². The molecule has 0 saturated heterocycles. The van der Waals surface area contributed by atoms with Crippen LogP contribution in [-0.4, -0.2) is 23.8 Å². The molecule has 2 rings (SSSR count). The molecule has 1 amide bonds. The van der Waals surface area contributed by atoms with Crippen molar-refractivity contribution in [3.8, 4) is 5.75 Å². The number of carbonyl (C=O) groups excluding carboxylic acids is 2. The Morgan fingerprint density at radius 1 is 1.27 bits per heavy atom. The summed E-state index contributed by atoms with van der Waals surface area (Å²) in [6, 6.07) is 5.43. The number of nitrogens with zero attached hydrogens (tertiary/aromatic N) is 1. The summed E-state index contributed by atoms with van der Waals surface area (Å²) in [4.78, 5) is 28.3. The summed E-state index contributed by atoms with van der Waals surface area (Å²) in [7, 11) is 1.53. The van der Waals surface area contributed by atoms with E-state index in [1.54, 1.807) is 12.1 Å². The minimum Gasteiger partial charge on any atom is -0.496 e. The standard InChI is InChI=1S/C16H18N2O3S/c1-10-4-6-14(21-3)12(8-10)13(19)5-7-15(20)18-16-17-11(2)9-22-16/h4,6,8-9H,5,7H2,1-3H3,(H,17,18,20). The van der Waals surface area contributed by atoms with Crippen molar-refractivity contribution >= 4 is 28.2 Å². The van der Waals surface area contributed by atoms with Gasteiger partial charge in [0.25, 0.3) is 0 Å². The molecule has 0 aliphatic heterocycles. The van der Waals surface area contributed by atoms with Gasteiger partial charge in [0.1, 0.15) is 5.75 Å². The Balaban J connectivity index is 1.95. The molecule has 22 heavy (non-hydrogen) atoms. The molecular weight excluding hydrogens is 300 g/mol. The lowest BCUT2D eigenvalue weighted by Crippen LogP contribution is -2.13. The fourth-order valence-electron chi connectivity index (χ4n) is 1.99. The van der Waals surface area contributed by atoms with Gasteiger partial charge in [0.15, 0.2) is 10.9 Å². The van der Waals surface area contributed by atoms with Crippen molar-refractivity contribution in [2.45, 2.75) is 26.7 Å². The number of ether oxygens (including phenoxy) is 1. The number of aromatic nitrogens is 1. The summed E-state index contributed by atoms with van der Waals surface area (Å²) >= 11 is 1.37. The minimum atomic E-state index is -0.214. The zero-order chi connectivity index (χ0) is 16.1. The van der Waals surface area contributed by atoms with Crippen molar-refractivity contribution in [1.29, 1.82) is 0 Å². The zero-order valence-electron chi connectivity index (χ0n) is 12.8. The molecule has 0 atom stereocenters. The van der Waals surface area contributed by atoms with Gasteiger partial charge in [-0.3, -0.25) is 9.59 Å². The van der Waals surface area contributed by atoms with Crippen LogP contribution in [0.15, 0.2) is 23.6 Å². The molecule has 0 unspecified atom stereocenters. The number of amides is 1. The number of hydrogen-bond donors (Lipinski definition) is 1. The van der Waals surface area contributed by atoms with Crippen LogP contribution in [0.25, 0.3) is 0 Å². The van der Waals surface area contributed by atoms with Crippen molar-refractivity contribution in [2.75, 3.05) is 12.4 Å². The number of thiazole rings is 1. The molecule has 0 fully saturated rings. The molecule has 1 aromatic carbocycles. The first-order valence-corrected chi connectivity index (χ1v) is 7.77. The number of methoxy groups -OCH3 is 1. The highest BCUT2D eigenvalue weighted by Gasteiger charge is 2.14. The highest BCUT2D eigenvalue weighted by atomic mass is 32.1. The van der Waals surface area contributed by atoms with Gasteiger partial charge in [-0.05, 0) is 26.0 Å². The molecule has 0 radical (unpaired) electrons. The summed E-state index contributed by atoms with van der Waals surface area (Å²) in [5.41, 5.74) is 2.35. The van der Waals surface area contributed by atoms with E-state index in [1.165, 1.54) is 18.4 Å². The average molecular weight is 318 g/mol. The maximum Gasteiger partial charge on any atom is 0.226 e. The van der Waals surface area contributed by atoms with E-state index < -0.39 is 0 Å². The van der Waals surface area contributed by atoms with Gasteiger partial charge in [-0.15, -0.1) is 11.3 Å². The molecule has 0 spiro atoms. The lowest BCUT2D eigenvalue weighted by Gasteiger charge is -2.08. The SMILES string of the molecule is COc1ccc(C)cc1C(=O)CCC(=O)Nc1nc(C)cs1. The Hall–Kier alpha value is -2.21. The Kier molecular flexibility index (Phi) is 5.27. The number of ketones is 1. The first-order chi connectivity index (χ1) is 10.5. The molecule has 5 nitrogen and oxygen atoms in total. The van der Waals surface area contributed by atoms with Crippen LogP contribution in [0.1, 0.15) is 34.5 Å². The van der Waals surface area contributed by atoms with Gasteiger partial charge in [0, 0.05) is 18.2 Å². The van der Waals surface area contributed by atoms with E-state index in [1.807, 2.05) is 25.3 Å². The first-order valence-electron chi connectivity index (χ1n) is 6.89. The molecule has 2 aromatic rings. The van der Waals surface area contributed by atoms with Crippen molar-refractivity contribution in [2.24, 2.45) is 0 Å². The normalized spacial score (nSPS) is 10.3. The second-order valence-electron chi connectivity index (χ2n) is 4.97. The molecule has 0 aliphatic carbocycles. The summed E-state index contributed by atoms with van der Waals surface area (Å²) < 4.78 is 5.20. The van der Waals surface area contributed by atoms with Gasteiger partial charge in [0.05, 0.1) is 18.4 Å². The molecular formula is C16H18N2O3S. The zero-order valence-corrected chi connectivity index (χ0v) is 13.6. The van der Waals surface area contributed by atoms with Gasteiger partial charge < -0.3 is 10.1 Å². The number of aryl methyl sites for hydroxylation is 2. The topological polar surface area (TPSA) is 68.3 Å². The van der Waals surface area contributed by atoms with Crippen molar-refractivity contribution in [3.05, 3.63) is 40.4 Å². The number of rotatable bonds is 6. The van der Waals surface area contributed by atoms with E-state index in [-0.39, 0.29) is 24.5 Å². The van der Waals surface area contributed by atoms with E-state index >= 15 is 0 Å². The van der Waals surface area contributed by atoms with Gasteiger partial charge in [-0.2, -0.15) is 0 Å². The predicted octanol–water partition coefficient (Wildman–Crippen LogP) is 3.37. The third kappa shape index (κ3) is 4.14. The maximum atomic E-state index is 12.3. The summed E-state index contributed by atoms with van der Waals surface area (Å²) in [6.45, 7) is 3.77. The Bertz CT molecular complexity index is 694. The molecule has 1 aromatic heterocycles. The molecule has 1 N–H and O–H groups in total. The fraction of sp³-hybridized carbons (Fsp3) is 0.312.